The Hall–Kier alpha value is -0.750. The van der Waals surface area contributed by atoms with Crippen molar-refractivity contribution in [2.45, 2.75) is 44.3 Å². The van der Waals surface area contributed by atoms with Crippen molar-refractivity contribution < 1.29 is 9.59 Å². The van der Waals surface area contributed by atoms with Crippen LogP contribution in [-0.2, 0) is 9.59 Å². The Balaban J connectivity index is 1.77. The van der Waals surface area contributed by atoms with E-state index in [9.17, 15) is 9.59 Å². The number of rotatable bonds is 6. The lowest BCUT2D eigenvalue weighted by atomic mass is 10.2. The smallest absolute Gasteiger partial charge is 0.237 e. The number of thioether (sulfide) groups is 1. The molecule has 0 aromatic rings. The second-order valence-electron chi connectivity index (χ2n) is 5.62. The Kier molecular flexibility index (Phi) is 4.73. The summed E-state index contributed by atoms with van der Waals surface area (Å²) >= 11 is 1.68. The Labute approximate surface area is 118 Å². The number of nitrogens with one attached hydrogen (secondary N) is 1. The van der Waals surface area contributed by atoms with Crippen LogP contribution in [0.4, 0.5) is 0 Å². The average Bonchev–Trinajstić information content (AvgIpc) is 2.97. The van der Waals surface area contributed by atoms with Crippen molar-refractivity contribution in [1.29, 1.82) is 0 Å². The van der Waals surface area contributed by atoms with E-state index in [0.29, 0.717) is 31.3 Å². The molecule has 2 aliphatic rings. The number of hydrogen-bond acceptors (Lipinski definition) is 4. The third-order valence-electron chi connectivity index (χ3n) is 3.94. The van der Waals surface area contributed by atoms with E-state index in [4.69, 9.17) is 5.73 Å². The van der Waals surface area contributed by atoms with Gasteiger partial charge in [-0.3, -0.25) is 9.59 Å². The van der Waals surface area contributed by atoms with Crippen LogP contribution < -0.4 is 11.1 Å². The molecule has 1 saturated heterocycles. The molecule has 2 amide bonds. The Morgan fingerprint density at radius 1 is 1.63 bits per heavy atom. The minimum absolute atomic E-state index is 0.0619. The van der Waals surface area contributed by atoms with Crippen LogP contribution in [0.2, 0.25) is 0 Å². The summed E-state index contributed by atoms with van der Waals surface area (Å²) in [5.41, 5.74) is 5.82. The highest BCUT2D eigenvalue weighted by molar-refractivity contribution is 7.98. The normalized spacial score (nSPS) is 31.4. The molecule has 3 unspecified atom stereocenters. The van der Waals surface area contributed by atoms with Crippen LogP contribution in [0.1, 0.15) is 26.2 Å². The molecule has 0 radical (unpaired) electrons. The zero-order chi connectivity index (χ0) is 14.0. The molecule has 108 valence electrons. The second kappa shape index (κ2) is 6.13. The maximum atomic E-state index is 11.9. The Morgan fingerprint density at radius 2 is 2.32 bits per heavy atom. The van der Waals surface area contributed by atoms with Gasteiger partial charge in [-0.1, -0.05) is 6.92 Å². The van der Waals surface area contributed by atoms with E-state index >= 15 is 0 Å². The van der Waals surface area contributed by atoms with Crippen LogP contribution in [0, 0.1) is 5.92 Å². The molecule has 0 bridgehead atoms. The molecule has 3 N–H and O–H groups in total. The van der Waals surface area contributed by atoms with E-state index in [-0.39, 0.29) is 17.9 Å². The molecule has 2 fully saturated rings. The van der Waals surface area contributed by atoms with E-state index < -0.39 is 6.04 Å². The van der Waals surface area contributed by atoms with Gasteiger partial charge >= 0.3 is 0 Å². The van der Waals surface area contributed by atoms with Crippen molar-refractivity contribution in [3.05, 3.63) is 0 Å². The van der Waals surface area contributed by atoms with Crippen LogP contribution >= 0.6 is 11.8 Å². The number of nitrogens with two attached hydrogens (primary N) is 1. The summed E-state index contributed by atoms with van der Waals surface area (Å²) in [4.78, 5) is 25.7. The van der Waals surface area contributed by atoms with Crippen LogP contribution in [-0.4, -0.2) is 53.4 Å². The van der Waals surface area contributed by atoms with Crippen LogP contribution in [0.15, 0.2) is 0 Å². The van der Waals surface area contributed by atoms with Gasteiger partial charge in [0.1, 0.15) is 0 Å². The molecule has 19 heavy (non-hydrogen) atoms. The van der Waals surface area contributed by atoms with Crippen LogP contribution in [0.5, 0.6) is 0 Å². The number of likely N-dealkylation sites (tertiary alicyclic amines) is 1. The van der Waals surface area contributed by atoms with E-state index in [1.807, 2.05) is 11.2 Å². The standard InChI is InChI=1S/C13H23N3O2S/c1-8-5-11(8)16-7-9(6-12(16)17)15-13(18)10(14)3-4-19-2/h8-11H,3-7,14H2,1-2H3,(H,15,18)/t8?,9?,10-,11?/m0/s1. The zero-order valence-electron chi connectivity index (χ0n) is 11.6. The molecular weight excluding hydrogens is 262 g/mol. The first-order valence-electron chi connectivity index (χ1n) is 6.87. The van der Waals surface area contributed by atoms with Crippen molar-refractivity contribution in [1.82, 2.24) is 10.2 Å². The molecule has 1 heterocycles. The summed E-state index contributed by atoms with van der Waals surface area (Å²) < 4.78 is 0. The fourth-order valence-corrected chi connectivity index (χ4v) is 3.06. The first-order chi connectivity index (χ1) is 9.02. The molecular formula is C13H23N3O2S. The van der Waals surface area contributed by atoms with Crippen molar-refractivity contribution >= 4 is 23.6 Å². The lowest BCUT2D eigenvalue weighted by molar-refractivity contribution is -0.128. The fourth-order valence-electron chi connectivity index (χ4n) is 2.57. The molecule has 0 aromatic carbocycles. The Bertz CT molecular complexity index is 364. The molecule has 1 aliphatic carbocycles. The predicted molar refractivity (Wildman–Crippen MR) is 76.8 cm³/mol. The number of carbonyl (C=O) groups is 2. The average molecular weight is 285 g/mol. The largest absolute Gasteiger partial charge is 0.350 e. The van der Waals surface area contributed by atoms with Gasteiger partial charge in [-0.2, -0.15) is 11.8 Å². The first-order valence-corrected chi connectivity index (χ1v) is 8.26. The highest BCUT2D eigenvalue weighted by atomic mass is 32.2. The van der Waals surface area contributed by atoms with E-state index in [1.54, 1.807) is 11.8 Å². The third-order valence-corrected chi connectivity index (χ3v) is 4.59. The SMILES string of the molecule is CSCC[C@H](N)C(=O)NC1CC(=O)N(C2CC2C)C1. The van der Waals surface area contributed by atoms with Gasteiger partial charge in [0.2, 0.25) is 11.8 Å². The van der Waals surface area contributed by atoms with Gasteiger partial charge in [0.25, 0.3) is 0 Å². The fraction of sp³-hybridized carbons (Fsp3) is 0.846. The highest BCUT2D eigenvalue weighted by Crippen LogP contribution is 2.37. The number of carbonyl (C=O) groups excluding carboxylic acids is 2. The van der Waals surface area contributed by atoms with Gasteiger partial charge in [0.05, 0.1) is 12.1 Å². The summed E-state index contributed by atoms with van der Waals surface area (Å²) in [6.45, 7) is 2.80. The molecule has 1 aliphatic heterocycles. The monoisotopic (exact) mass is 285 g/mol. The number of amides is 2. The van der Waals surface area contributed by atoms with Crippen molar-refractivity contribution in [3.63, 3.8) is 0 Å². The van der Waals surface area contributed by atoms with E-state index in [2.05, 4.69) is 12.2 Å². The lowest BCUT2D eigenvalue weighted by Crippen LogP contribution is -2.46. The van der Waals surface area contributed by atoms with E-state index in [0.717, 1.165) is 12.2 Å². The molecule has 5 nitrogen and oxygen atoms in total. The summed E-state index contributed by atoms with van der Waals surface area (Å²) in [6, 6.07) is -0.121. The lowest BCUT2D eigenvalue weighted by Gasteiger charge is -2.18. The maximum Gasteiger partial charge on any atom is 0.237 e. The molecule has 1 saturated carbocycles. The zero-order valence-corrected chi connectivity index (χ0v) is 12.4. The minimum Gasteiger partial charge on any atom is -0.350 e. The minimum atomic E-state index is -0.462. The Morgan fingerprint density at radius 3 is 2.89 bits per heavy atom. The molecule has 6 heteroatoms. The molecule has 0 spiro atoms. The molecule has 0 aromatic heterocycles. The maximum absolute atomic E-state index is 11.9. The number of nitrogens with zero attached hydrogens (tertiary/aromatic N) is 1. The summed E-state index contributed by atoms with van der Waals surface area (Å²) in [7, 11) is 0. The van der Waals surface area contributed by atoms with Gasteiger partial charge in [0, 0.05) is 19.0 Å². The molecule has 4 atom stereocenters. The quantitative estimate of drug-likeness (QED) is 0.730. The van der Waals surface area contributed by atoms with Gasteiger partial charge in [-0.25, -0.2) is 0 Å². The summed E-state index contributed by atoms with van der Waals surface area (Å²) in [6.07, 6.45) is 4.19. The topological polar surface area (TPSA) is 75.4 Å². The second-order valence-corrected chi connectivity index (χ2v) is 6.61. The summed E-state index contributed by atoms with van der Waals surface area (Å²) in [5.74, 6) is 1.53. The van der Waals surface area contributed by atoms with Gasteiger partial charge in [0.15, 0.2) is 0 Å². The number of hydrogen-bond donors (Lipinski definition) is 2. The van der Waals surface area contributed by atoms with Crippen LogP contribution in [0.25, 0.3) is 0 Å². The van der Waals surface area contributed by atoms with Crippen molar-refractivity contribution in [2.75, 3.05) is 18.6 Å². The summed E-state index contributed by atoms with van der Waals surface area (Å²) in [5, 5.41) is 2.91. The van der Waals surface area contributed by atoms with E-state index in [1.165, 1.54) is 0 Å². The molecule has 2 rings (SSSR count). The van der Waals surface area contributed by atoms with Crippen molar-refractivity contribution in [2.24, 2.45) is 11.7 Å². The van der Waals surface area contributed by atoms with Gasteiger partial charge in [-0.05, 0) is 30.8 Å². The predicted octanol–water partition coefficient (Wildman–Crippen LogP) is 0.192. The highest BCUT2D eigenvalue weighted by Gasteiger charge is 2.44. The van der Waals surface area contributed by atoms with Crippen molar-refractivity contribution in [3.8, 4) is 0 Å². The van der Waals surface area contributed by atoms with Gasteiger partial charge < -0.3 is 16.0 Å². The third kappa shape index (κ3) is 3.63. The first kappa shape index (κ1) is 14.7. The van der Waals surface area contributed by atoms with Crippen LogP contribution in [0.3, 0.4) is 0 Å². The van der Waals surface area contributed by atoms with Gasteiger partial charge in [-0.15, -0.1) is 0 Å².